The monoisotopic (exact) mass is 411 g/mol. The number of hydrogen-bond donors (Lipinski definition) is 2. The van der Waals surface area contributed by atoms with Gasteiger partial charge in [-0.15, -0.1) is 0 Å². The molecular formula is C24H30FN3O2. The number of rotatable bonds is 9. The molecule has 1 saturated heterocycles. The lowest BCUT2D eigenvalue weighted by Crippen LogP contribution is -2.30. The maximum Gasteiger partial charge on any atom is 0.251 e. The molecule has 2 amide bonds. The molecule has 3 rings (SSSR count). The van der Waals surface area contributed by atoms with Crippen molar-refractivity contribution in [2.75, 3.05) is 19.6 Å². The molecule has 0 aromatic heterocycles. The molecule has 0 unspecified atom stereocenters. The van der Waals surface area contributed by atoms with E-state index in [2.05, 4.69) is 33.7 Å². The van der Waals surface area contributed by atoms with Crippen LogP contribution in [0.5, 0.6) is 0 Å². The van der Waals surface area contributed by atoms with E-state index < -0.39 is 0 Å². The highest BCUT2D eigenvalue weighted by atomic mass is 19.1. The Morgan fingerprint density at radius 2 is 1.60 bits per heavy atom. The molecule has 0 radical (unpaired) electrons. The van der Waals surface area contributed by atoms with Crippen LogP contribution >= 0.6 is 0 Å². The summed E-state index contributed by atoms with van der Waals surface area (Å²) in [6.07, 6.45) is 4.73. The molecule has 2 N–H and O–H groups in total. The van der Waals surface area contributed by atoms with Gasteiger partial charge in [0.15, 0.2) is 0 Å². The summed E-state index contributed by atoms with van der Waals surface area (Å²) in [4.78, 5) is 26.6. The average Bonchev–Trinajstić information content (AvgIpc) is 2.77. The highest BCUT2D eigenvalue weighted by Crippen LogP contribution is 2.16. The first-order valence-corrected chi connectivity index (χ1v) is 10.7. The molecule has 2 aromatic rings. The van der Waals surface area contributed by atoms with Gasteiger partial charge in [-0.25, -0.2) is 4.39 Å². The standard InChI is InChI=1S/C24H30FN3O2/c25-22-12-10-19(11-13-22)24(30)26-14-6-9-23(29)27-17-20-7-2-3-8-21(20)18-28-15-4-1-5-16-28/h2-3,7-8,10-13H,1,4-6,9,14-18H2,(H,26,30)(H,27,29). The van der Waals surface area contributed by atoms with Crippen LogP contribution in [0, 0.1) is 5.82 Å². The number of piperidine rings is 1. The Morgan fingerprint density at radius 1 is 0.900 bits per heavy atom. The van der Waals surface area contributed by atoms with Gasteiger partial charge in [0.05, 0.1) is 0 Å². The third-order valence-electron chi connectivity index (χ3n) is 5.41. The van der Waals surface area contributed by atoms with Crippen LogP contribution in [0.4, 0.5) is 4.39 Å². The zero-order chi connectivity index (χ0) is 21.2. The van der Waals surface area contributed by atoms with E-state index in [1.165, 1.54) is 49.1 Å². The van der Waals surface area contributed by atoms with E-state index in [4.69, 9.17) is 0 Å². The summed E-state index contributed by atoms with van der Waals surface area (Å²) >= 11 is 0. The number of nitrogens with one attached hydrogen (secondary N) is 2. The minimum Gasteiger partial charge on any atom is -0.352 e. The van der Waals surface area contributed by atoms with Crippen LogP contribution in [-0.2, 0) is 17.9 Å². The minimum absolute atomic E-state index is 0.0289. The first-order chi connectivity index (χ1) is 14.6. The van der Waals surface area contributed by atoms with E-state index in [0.29, 0.717) is 31.5 Å². The van der Waals surface area contributed by atoms with Crippen molar-refractivity contribution < 1.29 is 14.0 Å². The fourth-order valence-corrected chi connectivity index (χ4v) is 3.68. The number of benzene rings is 2. The van der Waals surface area contributed by atoms with Crippen molar-refractivity contribution in [1.29, 1.82) is 0 Å². The summed E-state index contributed by atoms with van der Waals surface area (Å²) in [7, 11) is 0. The van der Waals surface area contributed by atoms with E-state index in [9.17, 15) is 14.0 Å². The molecule has 2 aromatic carbocycles. The van der Waals surface area contributed by atoms with Crippen LogP contribution in [0.1, 0.15) is 53.6 Å². The van der Waals surface area contributed by atoms with Crippen LogP contribution in [-0.4, -0.2) is 36.3 Å². The zero-order valence-electron chi connectivity index (χ0n) is 17.3. The summed E-state index contributed by atoms with van der Waals surface area (Å²) in [5.41, 5.74) is 2.83. The molecular weight excluding hydrogens is 381 g/mol. The largest absolute Gasteiger partial charge is 0.352 e. The van der Waals surface area contributed by atoms with Crippen molar-refractivity contribution in [2.24, 2.45) is 0 Å². The molecule has 1 aliphatic rings. The maximum absolute atomic E-state index is 12.9. The minimum atomic E-state index is -0.374. The van der Waals surface area contributed by atoms with Gasteiger partial charge in [-0.3, -0.25) is 14.5 Å². The lowest BCUT2D eigenvalue weighted by Gasteiger charge is -2.27. The number of halogens is 1. The molecule has 30 heavy (non-hydrogen) atoms. The van der Waals surface area contributed by atoms with Gasteiger partial charge in [0.1, 0.15) is 5.82 Å². The van der Waals surface area contributed by atoms with E-state index >= 15 is 0 Å². The predicted molar refractivity (Wildman–Crippen MR) is 115 cm³/mol. The number of hydrogen-bond acceptors (Lipinski definition) is 3. The first-order valence-electron chi connectivity index (χ1n) is 10.7. The second kappa shape index (κ2) is 11.5. The van der Waals surface area contributed by atoms with Crippen molar-refractivity contribution in [3.05, 3.63) is 71.0 Å². The van der Waals surface area contributed by atoms with Gasteiger partial charge < -0.3 is 10.6 Å². The fourth-order valence-electron chi connectivity index (χ4n) is 3.68. The second-order valence-electron chi connectivity index (χ2n) is 7.75. The van der Waals surface area contributed by atoms with E-state index in [1.54, 1.807) is 0 Å². The second-order valence-corrected chi connectivity index (χ2v) is 7.75. The number of nitrogens with zero attached hydrogens (tertiary/aromatic N) is 1. The van der Waals surface area contributed by atoms with Gasteiger partial charge >= 0.3 is 0 Å². The van der Waals surface area contributed by atoms with Crippen molar-refractivity contribution >= 4 is 11.8 Å². The van der Waals surface area contributed by atoms with Gasteiger partial charge in [0.2, 0.25) is 5.91 Å². The molecule has 1 heterocycles. The highest BCUT2D eigenvalue weighted by Gasteiger charge is 2.13. The smallest absolute Gasteiger partial charge is 0.251 e. The molecule has 160 valence electrons. The van der Waals surface area contributed by atoms with Crippen LogP contribution in [0.15, 0.2) is 48.5 Å². The van der Waals surface area contributed by atoms with Crippen LogP contribution in [0.3, 0.4) is 0 Å². The van der Waals surface area contributed by atoms with Crippen LogP contribution < -0.4 is 10.6 Å². The molecule has 6 heteroatoms. The summed E-state index contributed by atoms with van der Waals surface area (Å²) in [5, 5.41) is 5.75. The highest BCUT2D eigenvalue weighted by molar-refractivity contribution is 5.94. The Labute approximate surface area is 177 Å². The Bertz CT molecular complexity index is 833. The van der Waals surface area contributed by atoms with Gasteiger partial charge in [0.25, 0.3) is 5.91 Å². The molecule has 1 fully saturated rings. The first kappa shape index (κ1) is 22.0. The van der Waals surface area contributed by atoms with E-state index in [-0.39, 0.29) is 17.6 Å². The lowest BCUT2D eigenvalue weighted by molar-refractivity contribution is -0.121. The normalized spacial score (nSPS) is 14.3. The third-order valence-corrected chi connectivity index (χ3v) is 5.41. The summed E-state index contributed by atoms with van der Waals surface area (Å²) < 4.78 is 12.9. The van der Waals surface area contributed by atoms with Crippen molar-refractivity contribution in [3.8, 4) is 0 Å². The molecule has 0 spiro atoms. The summed E-state index contributed by atoms with van der Waals surface area (Å²) in [5.74, 6) is -0.665. The molecule has 0 atom stereocenters. The van der Waals surface area contributed by atoms with Crippen LogP contribution in [0.25, 0.3) is 0 Å². The number of amides is 2. The fraction of sp³-hybridized carbons (Fsp3) is 0.417. The van der Waals surface area contributed by atoms with Crippen molar-refractivity contribution in [1.82, 2.24) is 15.5 Å². The Morgan fingerprint density at radius 3 is 2.33 bits per heavy atom. The SMILES string of the molecule is O=C(CCCNC(=O)c1ccc(F)cc1)NCc1ccccc1CN1CCCCC1. The van der Waals surface area contributed by atoms with Gasteiger partial charge in [-0.1, -0.05) is 30.7 Å². The van der Waals surface area contributed by atoms with Crippen LogP contribution in [0.2, 0.25) is 0 Å². The Hall–Kier alpha value is -2.73. The molecule has 5 nitrogen and oxygen atoms in total. The zero-order valence-corrected chi connectivity index (χ0v) is 17.3. The van der Waals surface area contributed by atoms with E-state index in [1.807, 2.05) is 6.07 Å². The predicted octanol–water partition coefficient (Wildman–Crippen LogP) is 3.64. The quantitative estimate of drug-likeness (QED) is 0.620. The lowest BCUT2D eigenvalue weighted by atomic mass is 10.0. The molecule has 0 bridgehead atoms. The Kier molecular flexibility index (Phi) is 8.39. The molecule has 0 saturated carbocycles. The van der Waals surface area contributed by atoms with Crippen molar-refractivity contribution in [3.63, 3.8) is 0 Å². The number of carbonyl (C=O) groups is 2. The molecule has 0 aliphatic carbocycles. The maximum atomic E-state index is 12.9. The summed E-state index contributed by atoms with van der Waals surface area (Å²) in [6, 6.07) is 13.7. The number of carbonyl (C=O) groups excluding carboxylic acids is 2. The number of likely N-dealkylation sites (tertiary alicyclic amines) is 1. The molecule has 1 aliphatic heterocycles. The van der Waals surface area contributed by atoms with Gasteiger partial charge in [-0.2, -0.15) is 0 Å². The topological polar surface area (TPSA) is 61.4 Å². The van der Waals surface area contributed by atoms with Crippen molar-refractivity contribution in [2.45, 2.75) is 45.2 Å². The Balaban J connectivity index is 1.37. The van der Waals surface area contributed by atoms with Gasteiger partial charge in [0, 0.05) is 31.6 Å². The van der Waals surface area contributed by atoms with E-state index in [0.717, 1.165) is 25.2 Å². The van der Waals surface area contributed by atoms with Gasteiger partial charge in [-0.05, 0) is 67.7 Å². The third kappa shape index (κ3) is 6.95. The average molecular weight is 412 g/mol. The summed E-state index contributed by atoms with van der Waals surface area (Å²) in [6.45, 7) is 4.14.